The van der Waals surface area contributed by atoms with Crippen molar-refractivity contribution in [2.75, 3.05) is 5.75 Å². The van der Waals surface area contributed by atoms with E-state index in [9.17, 15) is 13.2 Å². The van der Waals surface area contributed by atoms with Gasteiger partial charge < -0.3 is 0 Å². The molecule has 6 heteroatoms. The van der Waals surface area contributed by atoms with Crippen LogP contribution in [0.2, 0.25) is 0 Å². The highest BCUT2D eigenvalue weighted by Crippen LogP contribution is 2.31. The Labute approximate surface area is 119 Å². The minimum atomic E-state index is -4.42. The van der Waals surface area contributed by atoms with E-state index in [1.54, 1.807) is 11.8 Å². The van der Waals surface area contributed by atoms with Crippen LogP contribution in [0.3, 0.4) is 0 Å². The predicted octanol–water partition coefficient (Wildman–Crippen LogP) is 4.32. The molecule has 0 aliphatic heterocycles. The monoisotopic (exact) mass is 299 g/mol. The van der Waals surface area contributed by atoms with Crippen molar-refractivity contribution in [1.29, 1.82) is 0 Å². The third-order valence-corrected chi connectivity index (χ3v) is 3.94. The summed E-state index contributed by atoms with van der Waals surface area (Å²) in [6.07, 6.45) is -0.779. The molecular weight excluding hydrogens is 285 g/mol. The second-order valence-corrected chi connectivity index (χ2v) is 5.52. The maximum absolute atomic E-state index is 12.7. The first-order chi connectivity index (χ1) is 9.50. The second kappa shape index (κ2) is 6.35. The molecule has 1 N–H and O–H groups in total. The number of thioether (sulfide) groups is 1. The summed E-state index contributed by atoms with van der Waals surface area (Å²) in [7, 11) is 0. The number of rotatable bonds is 5. The van der Waals surface area contributed by atoms with Crippen LogP contribution in [0.15, 0.2) is 29.2 Å². The molecule has 0 saturated heterocycles. The SMILES string of the molecule is CCCSc1ccc(Cc2[c]n[nH]c2C(F)(F)F)cc1. The topological polar surface area (TPSA) is 28.7 Å². The van der Waals surface area contributed by atoms with E-state index in [2.05, 4.69) is 18.2 Å². The number of hydrogen-bond donors (Lipinski definition) is 1. The highest BCUT2D eigenvalue weighted by atomic mass is 32.2. The molecule has 0 spiro atoms. The summed E-state index contributed by atoms with van der Waals surface area (Å²) in [5.74, 6) is 1.03. The molecule has 0 amide bonds. The van der Waals surface area contributed by atoms with E-state index in [4.69, 9.17) is 0 Å². The van der Waals surface area contributed by atoms with E-state index < -0.39 is 11.9 Å². The summed E-state index contributed by atoms with van der Waals surface area (Å²) < 4.78 is 38.1. The molecule has 1 aromatic heterocycles. The zero-order valence-corrected chi connectivity index (χ0v) is 11.7. The summed E-state index contributed by atoms with van der Waals surface area (Å²) in [6.45, 7) is 2.11. The molecule has 0 saturated carbocycles. The Balaban J connectivity index is 2.09. The number of aromatic nitrogens is 2. The van der Waals surface area contributed by atoms with Crippen LogP contribution in [0, 0.1) is 6.20 Å². The van der Waals surface area contributed by atoms with E-state index in [1.165, 1.54) is 0 Å². The first kappa shape index (κ1) is 15.0. The molecular formula is C14H14F3N2S. The first-order valence-electron chi connectivity index (χ1n) is 6.24. The summed E-state index contributed by atoms with van der Waals surface area (Å²) >= 11 is 1.74. The van der Waals surface area contributed by atoms with Gasteiger partial charge in [-0.15, -0.1) is 11.8 Å². The molecule has 0 unspecified atom stereocenters. The lowest BCUT2D eigenvalue weighted by Gasteiger charge is -2.07. The third kappa shape index (κ3) is 3.79. The van der Waals surface area contributed by atoms with E-state index in [-0.39, 0.29) is 12.0 Å². The Hall–Kier alpha value is -1.43. The summed E-state index contributed by atoms with van der Waals surface area (Å²) in [5, 5.41) is 5.34. The third-order valence-electron chi connectivity index (χ3n) is 2.72. The van der Waals surface area contributed by atoms with E-state index >= 15 is 0 Å². The van der Waals surface area contributed by atoms with Gasteiger partial charge in [-0.1, -0.05) is 19.1 Å². The minimum absolute atomic E-state index is 0.0476. The van der Waals surface area contributed by atoms with Crippen molar-refractivity contribution in [3.8, 4) is 0 Å². The van der Waals surface area contributed by atoms with Crippen molar-refractivity contribution >= 4 is 11.8 Å². The maximum Gasteiger partial charge on any atom is 0.433 e. The normalized spacial score (nSPS) is 11.8. The molecule has 0 aliphatic carbocycles. The average molecular weight is 299 g/mol. The predicted molar refractivity (Wildman–Crippen MR) is 72.7 cm³/mol. The Kier molecular flexibility index (Phi) is 4.75. The smallest absolute Gasteiger partial charge is 0.273 e. The molecule has 2 nitrogen and oxygen atoms in total. The molecule has 1 aromatic carbocycles. The van der Waals surface area contributed by atoms with Gasteiger partial charge in [0, 0.05) is 16.9 Å². The summed E-state index contributed by atoms with van der Waals surface area (Å²) in [6, 6.07) is 7.56. The van der Waals surface area contributed by atoms with Crippen LogP contribution < -0.4 is 0 Å². The average Bonchev–Trinajstić information content (AvgIpc) is 2.86. The standard InChI is InChI=1S/C14H14F3N2S/c1-2-7-20-12-5-3-10(4-6-12)8-11-9-18-19-13(11)14(15,16)17/h3-6H,2,7-8H2,1H3,(H,18,19). The minimum Gasteiger partial charge on any atom is -0.273 e. The van der Waals surface area contributed by atoms with Gasteiger partial charge in [0.15, 0.2) is 0 Å². The molecule has 0 aliphatic rings. The number of alkyl halides is 3. The lowest BCUT2D eigenvalue weighted by atomic mass is 10.1. The largest absolute Gasteiger partial charge is 0.433 e. The number of H-pyrrole nitrogens is 1. The van der Waals surface area contributed by atoms with E-state index in [1.807, 2.05) is 29.4 Å². The Morgan fingerprint density at radius 3 is 2.55 bits per heavy atom. The van der Waals surface area contributed by atoms with Crippen molar-refractivity contribution in [2.24, 2.45) is 0 Å². The molecule has 0 bridgehead atoms. The van der Waals surface area contributed by atoms with Gasteiger partial charge in [0.25, 0.3) is 0 Å². The lowest BCUT2D eigenvalue weighted by molar-refractivity contribution is -0.141. The molecule has 1 heterocycles. The van der Waals surface area contributed by atoms with Crippen LogP contribution in [0.25, 0.3) is 0 Å². The fourth-order valence-corrected chi connectivity index (χ4v) is 2.53. The van der Waals surface area contributed by atoms with Crippen LogP contribution in [0.1, 0.15) is 30.2 Å². The molecule has 1 radical (unpaired) electrons. The molecule has 0 fully saturated rings. The number of nitrogens with zero attached hydrogens (tertiary/aromatic N) is 1. The van der Waals surface area contributed by atoms with Crippen molar-refractivity contribution in [3.63, 3.8) is 0 Å². The van der Waals surface area contributed by atoms with Gasteiger partial charge in [0.2, 0.25) is 0 Å². The highest BCUT2D eigenvalue weighted by Gasteiger charge is 2.35. The molecule has 0 atom stereocenters. The van der Waals surface area contributed by atoms with Gasteiger partial charge in [-0.25, -0.2) is 0 Å². The number of benzene rings is 1. The van der Waals surface area contributed by atoms with Crippen LogP contribution in [-0.4, -0.2) is 16.0 Å². The number of nitrogens with one attached hydrogen (secondary N) is 1. The van der Waals surface area contributed by atoms with E-state index in [0.717, 1.165) is 22.6 Å². The maximum atomic E-state index is 12.7. The van der Waals surface area contributed by atoms with Gasteiger partial charge in [-0.2, -0.15) is 18.3 Å². The van der Waals surface area contributed by atoms with Gasteiger partial charge in [0.1, 0.15) is 11.9 Å². The highest BCUT2D eigenvalue weighted by molar-refractivity contribution is 7.99. The Morgan fingerprint density at radius 1 is 1.25 bits per heavy atom. The van der Waals surface area contributed by atoms with Crippen LogP contribution in [0.5, 0.6) is 0 Å². The van der Waals surface area contributed by atoms with E-state index in [0.29, 0.717) is 0 Å². The Morgan fingerprint density at radius 2 is 1.95 bits per heavy atom. The number of hydrogen-bond acceptors (Lipinski definition) is 2. The number of aromatic amines is 1. The zero-order chi connectivity index (χ0) is 14.6. The molecule has 20 heavy (non-hydrogen) atoms. The van der Waals surface area contributed by atoms with Crippen molar-refractivity contribution < 1.29 is 13.2 Å². The zero-order valence-electron chi connectivity index (χ0n) is 10.9. The van der Waals surface area contributed by atoms with Crippen LogP contribution in [-0.2, 0) is 12.6 Å². The van der Waals surface area contributed by atoms with Crippen LogP contribution in [0.4, 0.5) is 13.2 Å². The Bertz CT molecular complexity index is 546. The first-order valence-corrected chi connectivity index (χ1v) is 7.23. The fraction of sp³-hybridized carbons (Fsp3) is 0.357. The van der Waals surface area contributed by atoms with Crippen LogP contribution >= 0.6 is 11.8 Å². The van der Waals surface area contributed by atoms with Gasteiger partial charge >= 0.3 is 6.18 Å². The molecule has 2 aromatic rings. The lowest BCUT2D eigenvalue weighted by Crippen LogP contribution is -2.09. The number of halogens is 3. The van der Waals surface area contributed by atoms with Gasteiger partial charge in [-0.3, -0.25) is 5.10 Å². The summed E-state index contributed by atoms with van der Waals surface area (Å²) in [5.41, 5.74) is 0.0439. The van der Waals surface area contributed by atoms with Crippen molar-refractivity contribution in [1.82, 2.24) is 10.2 Å². The van der Waals surface area contributed by atoms with Gasteiger partial charge in [-0.05, 0) is 29.9 Å². The van der Waals surface area contributed by atoms with Crippen molar-refractivity contribution in [3.05, 3.63) is 47.3 Å². The summed E-state index contributed by atoms with van der Waals surface area (Å²) in [4.78, 5) is 1.13. The fourth-order valence-electron chi connectivity index (χ4n) is 1.76. The van der Waals surface area contributed by atoms with Gasteiger partial charge in [0.05, 0.1) is 0 Å². The second-order valence-electron chi connectivity index (χ2n) is 4.36. The van der Waals surface area contributed by atoms with Crippen molar-refractivity contribution in [2.45, 2.75) is 30.8 Å². The quantitative estimate of drug-likeness (QED) is 0.833. The molecule has 107 valence electrons. The molecule has 2 rings (SSSR count).